The summed E-state index contributed by atoms with van der Waals surface area (Å²) in [6, 6.07) is -1.66. The van der Waals surface area contributed by atoms with Crippen LogP contribution in [0.4, 0.5) is 4.79 Å². The van der Waals surface area contributed by atoms with Crippen LogP contribution in [0.5, 0.6) is 0 Å². The molecule has 0 heterocycles. The van der Waals surface area contributed by atoms with Gasteiger partial charge in [-0.1, -0.05) is 19.8 Å². The van der Waals surface area contributed by atoms with Crippen molar-refractivity contribution in [2.24, 2.45) is 5.92 Å². The molecule has 0 aliphatic heterocycles. The van der Waals surface area contributed by atoms with Crippen LogP contribution in [0.3, 0.4) is 0 Å². The van der Waals surface area contributed by atoms with Crippen molar-refractivity contribution in [3.8, 4) is 0 Å². The third kappa shape index (κ3) is 4.60. The van der Waals surface area contributed by atoms with Gasteiger partial charge in [-0.25, -0.2) is 9.59 Å². The van der Waals surface area contributed by atoms with E-state index in [-0.39, 0.29) is 6.04 Å². The molecule has 0 spiro atoms. The van der Waals surface area contributed by atoms with Gasteiger partial charge in [0.1, 0.15) is 0 Å². The number of carboxylic acid groups (broad SMARTS) is 1. The first-order chi connectivity index (χ1) is 8.02. The highest BCUT2D eigenvalue weighted by Gasteiger charge is 2.23. The zero-order chi connectivity index (χ0) is 12.8. The third-order valence-electron chi connectivity index (χ3n) is 3.06. The summed E-state index contributed by atoms with van der Waals surface area (Å²) in [5.74, 6) is -0.651. The molecule has 2 amide bonds. The van der Waals surface area contributed by atoms with E-state index in [2.05, 4.69) is 17.6 Å². The van der Waals surface area contributed by atoms with Gasteiger partial charge in [-0.3, -0.25) is 0 Å². The molecule has 17 heavy (non-hydrogen) atoms. The van der Waals surface area contributed by atoms with Gasteiger partial charge in [0.2, 0.25) is 0 Å². The van der Waals surface area contributed by atoms with Gasteiger partial charge in [-0.2, -0.15) is 0 Å². The summed E-state index contributed by atoms with van der Waals surface area (Å²) in [5.41, 5.74) is 0. The van der Waals surface area contributed by atoms with E-state index in [1.165, 1.54) is 6.42 Å². The average Bonchev–Trinajstić information content (AvgIpc) is 2.25. The number of aliphatic hydroxyl groups is 1. The van der Waals surface area contributed by atoms with Crippen molar-refractivity contribution >= 4 is 12.0 Å². The van der Waals surface area contributed by atoms with E-state index in [9.17, 15) is 9.59 Å². The number of rotatable bonds is 4. The predicted molar refractivity (Wildman–Crippen MR) is 61.6 cm³/mol. The zero-order valence-corrected chi connectivity index (χ0v) is 9.98. The van der Waals surface area contributed by atoms with Crippen molar-refractivity contribution in [3.63, 3.8) is 0 Å². The fourth-order valence-electron chi connectivity index (χ4n) is 2.14. The first-order valence-corrected chi connectivity index (χ1v) is 5.93. The van der Waals surface area contributed by atoms with Crippen molar-refractivity contribution in [2.45, 2.75) is 44.7 Å². The van der Waals surface area contributed by atoms with Crippen molar-refractivity contribution in [1.82, 2.24) is 10.6 Å². The fourth-order valence-corrected chi connectivity index (χ4v) is 2.14. The Hall–Kier alpha value is -1.30. The van der Waals surface area contributed by atoms with Crippen LogP contribution in [0.1, 0.15) is 32.6 Å². The summed E-state index contributed by atoms with van der Waals surface area (Å²) < 4.78 is 0. The molecule has 0 bridgehead atoms. The van der Waals surface area contributed by atoms with Crippen LogP contribution >= 0.6 is 0 Å². The largest absolute Gasteiger partial charge is 0.480 e. The topological polar surface area (TPSA) is 98.7 Å². The zero-order valence-electron chi connectivity index (χ0n) is 9.98. The first-order valence-electron chi connectivity index (χ1n) is 5.93. The number of amides is 2. The maximum absolute atomic E-state index is 11.5. The average molecular weight is 244 g/mol. The van der Waals surface area contributed by atoms with E-state index in [1.807, 2.05) is 0 Å². The second kappa shape index (κ2) is 6.44. The van der Waals surface area contributed by atoms with Crippen LogP contribution in [0, 0.1) is 5.92 Å². The second-order valence-electron chi connectivity index (χ2n) is 4.66. The molecule has 1 saturated carbocycles. The Morgan fingerprint density at radius 2 is 2.12 bits per heavy atom. The smallest absolute Gasteiger partial charge is 0.328 e. The summed E-state index contributed by atoms with van der Waals surface area (Å²) in [7, 11) is 0. The number of aliphatic carboxylic acids is 1. The van der Waals surface area contributed by atoms with E-state index in [1.54, 1.807) is 0 Å². The van der Waals surface area contributed by atoms with Gasteiger partial charge in [0, 0.05) is 6.04 Å². The monoisotopic (exact) mass is 244 g/mol. The molecule has 4 N–H and O–H groups in total. The summed E-state index contributed by atoms with van der Waals surface area (Å²) in [6.45, 7) is 1.53. The predicted octanol–water partition coefficient (Wildman–Crippen LogP) is 0.310. The number of hydrogen-bond donors (Lipinski definition) is 4. The molecule has 1 aliphatic carbocycles. The quantitative estimate of drug-likeness (QED) is 0.572. The normalized spacial score (nSPS) is 26.0. The number of urea groups is 1. The minimum absolute atomic E-state index is 0.104. The molecule has 0 saturated heterocycles. The van der Waals surface area contributed by atoms with Crippen molar-refractivity contribution < 1.29 is 19.8 Å². The summed E-state index contributed by atoms with van der Waals surface area (Å²) >= 11 is 0. The van der Waals surface area contributed by atoms with Gasteiger partial charge in [-0.15, -0.1) is 0 Å². The molecule has 1 rings (SSSR count). The first kappa shape index (κ1) is 13.8. The maximum Gasteiger partial charge on any atom is 0.328 e. The minimum Gasteiger partial charge on any atom is -0.480 e. The molecular formula is C11H20N2O4. The molecular weight excluding hydrogens is 224 g/mol. The lowest BCUT2D eigenvalue weighted by atomic mass is 9.87. The highest BCUT2D eigenvalue weighted by molar-refractivity contribution is 5.82. The lowest BCUT2D eigenvalue weighted by Gasteiger charge is -2.27. The summed E-state index contributed by atoms with van der Waals surface area (Å²) in [6.07, 6.45) is 4.10. The van der Waals surface area contributed by atoms with Crippen LogP contribution in [0.2, 0.25) is 0 Å². The number of hydrogen-bond acceptors (Lipinski definition) is 3. The van der Waals surface area contributed by atoms with E-state index in [0.29, 0.717) is 5.92 Å². The SMILES string of the molecule is CC1CCCC(NC(=O)N[C@H](CO)C(=O)O)C1. The Labute approximate surface area is 100 Å². The van der Waals surface area contributed by atoms with Gasteiger partial charge in [0.25, 0.3) is 0 Å². The maximum atomic E-state index is 11.5. The van der Waals surface area contributed by atoms with Gasteiger partial charge < -0.3 is 20.8 Å². The number of nitrogens with one attached hydrogen (secondary N) is 2. The van der Waals surface area contributed by atoms with Crippen LogP contribution in [0.15, 0.2) is 0 Å². The van der Waals surface area contributed by atoms with Gasteiger partial charge in [0.05, 0.1) is 6.61 Å². The molecule has 2 unspecified atom stereocenters. The van der Waals surface area contributed by atoms with Gasteiger partial charge in [-0.05, 0) is 18.8 Å². The van der Waals surface area contributed by atoms with Crippen molar-refractivity contribution in [3.05, 3.63) is 0 Å². The molecule has 0 aromatic heterocycles. The highest BCUT2D eigenvalue weighted by atomic mass is 16.4. The fraction of sp³-hybridized carbons (Fsp3) is 0.818. The number of carboxylic acids is 1. The van der Waals surface area contributed by atoms with E-state index in [4.69, 9.17) is 10.2 Å². The minimum atomic E-state index is -1.24. The Kier molecular flexibility index (Phi) is 5.21. The van der Waals surface area contributed by atoms with Crippen molar-refractivity contribution in [1.29, 1.82) is 0 Å². The molecule has 1 aliphatic rings. The molecule has 98 valence electrons. The van der Waals surface area contributed by atoms with Crippen molar-refractivity contribution in [2.75, 3.05) is 6.61 Å². The van der Waals surface area contributed by atoms with Crippen LogP contribution in [0.25, 0.3) is 0 Å². The van der Waals surface area contributed by atoms with E-state index < -0.39 is 24.6 Å². The number of carbonyl (C=O) groups excluding carboxylic acids is 1. The third-order valence-corrected chi connectivity index (χ3v) is 3.06. The number of aliphatic hydroxyl groups excluding tert-OH is 1. The molecule has 0 aromatic rings. The highest BCUT2D eigenvalue weighted by Crippen LogP contribution is 2.23. The van der Waals surface area contributed by atoms with Crippen LogP contribution in [-0.2, 0) is 4.79 Å². The summed E-state index contributed by atoms with van der Waals surface area (Å²) in [4.78, 5) is 22.1. The van der Waals surface area contributed by atoms with E-state index >= 15 is 0 Å². The Morgan fingerprint density at radius 3 is 2.65 bits per heavy atom. The summed E-state index contributed by atoms with van der Waals surface area (Å²) in [5, 5.41) is 22.4. The lowest BCUT2D eigenvalue weighted by molar-refractivity contribution is -0.140. The molecule has 0 aromatic carbocycles. The van der Waals surface area contributed by atoms with Gasteiger partial charge in [0.15, 0.2) is 6.04 Å². The van der Waals surface area contributed by atoms with Crippen LogP contribution < -0.4 is 10.6 Å². The molecule has 3 atom stereocenters. The number of carbonyl (C=O) groups is 2. The molecule has 1 fully saturated rings. The Morgan fingerprint density at radius 1 is 1.41 bits per heavy atom. The molecule has 6 nitrogen and oxygen atoms in total. The standard InChI is InChI=1S/C11H20N2O4/c1-7-3-2-4-8(5-7)12-11(17)13-9(6-14)10(15)16/h7-9,14H,2-6H2,1H3,(H,15,16)(H2,12,13,17)/t7?,8?,9-/m1/s1. The van der Waals surface area contributed by atoms with Gasteiger partial charge >= 0.3 is 12.0 Å². The molecule has 0 radical (unpaired) electrons. The molecule has 6 heteroatoms. The second-order valence-corrected chi connectivity index (χ2v) is 4.66. The van der Waals surface area contributed by atoms with Crippen LogP contribution in [-0.4, -0.2) is 40.9 Å². The Balaban J connectivity index is 2.35. The van der Waals surface area contributed by atoms with E-state index in [0.717, 1.165) is 19.3 Å². The lowest BCUT2D eigenvalue weighted by Crippen LogP contribution is -2.51. The Bertz CT molecular complexity index is 283.